The number of hydrogen-bond acceptors (Lipinski definition) is 3. The number of rotatable bonds is 6. The standard InChI is InChI=1S/C14H19BrN4/c1-3-7-16-14(13-6-8-19(2)18-13)9-12-5-4-11(15)10-17-12/h4-6,8,10,14,16H,3,7,9H2,1-2H3. The Labute approximate surface area is 122 Å². The molecule has 2 aromatic rings. The summed E-state index contributed by atoms with van der Waals surface area (Å²) >= 11 is 3.41. The molecule has 5 heteroatoms. The summed E-state index contributed by atoms with van der Waals surface area (Å²) in [6.07, 6.45) is 5.77. The van der Waals surface area contributed by atoms with Crippen LogP contribution >= 0.6 is 15.9 Å². The first-order valence-corrected chi connectivity index (χ1v) is 7.31. The smallest absolute Gasteiger partial charge is 0.0797 e. The summed E-state index contributed by atoms with van der Waals surface area (Å²) in [6, 6.07) is 6.35. The highest BCUT2D eigenvalue weighted by atomic mass is 79.9. The zero-order valence-corrected chi connectivity index (χ0v) is 12.9. The molecule has 0 radical (unpaired) electrons. The van der Waals surface area contributed by atoms with Crippen LogP contribution in [0.15, 0.2) is 35.1 Å². The third-order valence-electron chi connectivity index (χ3n) is 2.93. The summed E-state index contributed by atoms with van der Waals surface area (Å²) in [5, 5.41) is 8.03. The lowest BCUT2D eigenvalue weighted by atomic mass is 10.1. The summed E-state index contributed by atoms with van der Waals surface area (Å²) in [7, 11) is 1.94. The molecule has 0 aliphatic heterocycles. The average Bonchev–Trinajstić information content (AvgIpc) is 2.83. The lowest BCUT2D eigenvalue weighted by molar-refractivity contribution is 0.506. The maximum absolute atomic E-state index is 4.49. The van der Waals surface area contributed by atoms with Gasteiger partial charge in [0, 0.05) is 36.0 Å². The fourth-order valence-electron chi connectivity index (χ4n) is 1.96. The SMILES string of the molecule is CCCNC(Cc1ccc(Br)cn1)c1ccn(C)n1. The number of hydrogen-bond donors (Lipinski definition) is 1. The van der Waals surface area contributed by atoms with E-state index in [0.717, 1.165) is 35.2 Å². The minimum Gasteiger partial charge on any atom is -0.308 e. The molecular formula is C14H19BrN4. The first-order chi connectivity index (χ1) is 9.19. The van der Waals surface area contributed by atoms with Crippen molar-refractivity contribution < 1.29 is 0 Å². The van der Waals surface area contributed by atoms with Gasteiger partial charge in [-0.2, -0.15) is 5.10 Å². The molecule has 102 valence electrons. The van der Waals surface area contributed by atoms with Crippen molar-refractivity contribution in [1.29, 1.82) is 0 Å². The van der Waals surface area contributed by atoms with E-state index in [0.29, 0.717) is 0 Å². The van der Waals surface area contributed by atoms with Gasteiger partial charge in [0.15, 0.2) is 0 Å². The van der Waals surface area contributed by atoms with Gasteiger partial charge < -0.3 is 5.32 Å². The van der Waals surface area contributed by atoms with Gasteiger partial charge in [0.25, 0.3) is 0 Å². The van der Waals surface area contributed by atoms with Crippen LogP contribution in [0.4, 0.5) is 0 Å². The van der Waals surface area contributed by atoms with Crippen molar-refractivity contribution in [1.82, 2.24) is 20.1 Å². The van der Waals surface area contributed by atoms with Crippen LogP contribution in [-0.2, 0) is 13.5 Å². The van der Waals surface area contributed by atoms with Crippen molar-refractivity contribution in [3.8, 4) is 0 Å². The first-order valence-electron chi connectivity index (χ1n) is 6.52. The van der Waals surface area contributed by atoms with Gasteiger partial charge in [-0.05, 0) is 47.1 Å². The lowest BCUT2D eigenvalue weighted by Crippen LogP contribution is -2.25. The summed E-state index contributed by atoms with van der Waals surface area (Å²) in [4.78, 5) is 4.44. The van der Waals surface area contributed by atoms with Gasteiger partial charge in [0.1, 0.15) is 0 Å². The van der Waals surface area contributed by atoms with E-state index >= 15 is 0 Å². The van der Waals surface area contributed by atoms with Crippen LogP contribution in [0.2, 0.25) is 0 Å². The number of aromatic nitrogens is 3. The van der Waals surface area contributed by atoms with Crippen molar-refractivity contribution >= 4 is 15.9 Å². The minimum atomic E-state index is 0.217. The Balaban J connectivity index is 2.11. The van der Waals surface area contributed by atoms with Crippen molar-refractivity contribution in [2.45, 2.75) is 25.8 Å². The van der Waals surface area contributed by atoms with Gasteiger partial charge in [0.05, 0.1) is 11.7 Å². The average molecular weight is 323 g/mol. The van der Waals surface area contributed by atoms with Crippen molar-refractivity contribution in [3.63, 3.8) is 0 Å². The Morgan fingerprint density at radius 2 is 2.21 bits per heavy atom. The maximum Gasteiger partial charge on any atom is 0.0797 e. The number of pyridine rings is 1. The van der Waals surface area contributed by atoms with Gasteiger partial charge in [-0.1, -0.05) is 6.92 Å². The van der Waals surface area contributed by atoms with E-state index in [-0.39, 0.29) is 6.04 Å². The van der Waals surface area contributed by atoms with E-state index in [9.17, 15) is 0 Å². The second-order valence-electron chi connectivity index (χ2n) is 4.59. The van der Waals surface area contributed by atoms with E-state index < -0.39 is 0 Å². The van der Waals surface area contributed by atoms with Gasteiger partial charge in [-0.15, -0.1) is 0 Å². The van der Waals surface area contributed by atoms with Crippen LogP contribution in [0.25, 0.3) is 0 Å². The van der Waals surface area contributed by atoms with Crippen LogP contribution < -0.4 is 5.32 Å². The topological polar surface area (TPSA) is 42.7 Å². The Bertz CT molecular complexity index is 506. The van der Waals surface area contributed by atoms with Crippen LogP contribution in [-0.4, -0.2) is 21.3 Å². The predicted molar refractivity (Wildman–Crippen MR) is 79.9 cm³/mol. The van der Waals surface area contributed by atoms with Crippen LogP contribution in [0, 0.1) is 0 Å². The van der Waals surface area contributed by atoms with Gasteiger partial charge in [0.2, 0.25) is 0 Å². The van der Waals surface area contributed by atoms with Crippen LogP contribution in [0.3, 0.4) is 0 Å². The highest BCUT2D eigenvalue weighted by molar-refractivity contribution is 9.10. The maximum atomic E-state index is 4.49. The predicted octanol–water partition coefficient (Wildman–Crippen LogP) is 2.86. The molecule has 2 heterocycles. The molecule has 1 N–H and O–H groups in total. The Morgan fingerprint density at radius 1 is 1.37 bits per heavy atom. The normalized spacial score (nSPS) is 12.6. The second kappa shape index (κ2) is 6.82. The van der Waals surface area contributed by atoms with E-state index in [1.807, 2.05) is 36.3 Å². The molecule has 4 nitrogen and oxygen atoms in total. The molecule has 2 rings (SSSR count). The first kappa shape index (κ1) is 14.2. The van der Waals surface area contributed by atoms with Crippen molar-refractivity contribution in [3.05, 3.63) is 46.5 Å². The Kier molecular flexibility index (Phi) is 5.10. The van der Waals surface area contributed by atoms with Crippen LogP contribution in [0.1, 0.15) is 30.8 Å². The van der Waals surface area contributed by atoms with E-state index in [4.69, 9.17) is 0 Å². The third-order valence-corrected chi connectivity index (χ3v) is 3.40. The summed E-state index contributed by atoms with van der Waals surface area (Å²) in [5.41, 5.74) is 2.14. The molecule has 1 unspecified atom stereocenters. The van der Waals surface area contributed by atoms with E-state index in [1.54, 1.807) is 0 Å². The summed E-state index contributed by atoms with van der Waals surface area (Å²) < 4.78 is 2.84. The van der Waals surface area contributed by atoms with Crippen molar-refractivity contribution in [2.24, 2.45) is 7.05 Å². The molecule has 2 aromatic heterocycles. The number of halogens is 1. The summed E-state index contributed by atoms with van der Waals surface area (Å²) in [5.74, 6) is 0. The molecular weight excluding hydrogens is 304 g/mol. The number of aryl methyl sites for hydroxylation is 1. The largest absolute Gasteiger partial charge is 0.308 e. The number of nitrogens with one attached hydrogen (secondary N) is 1. The third kappa shape index (κ3) is 4.14. The molecule has 0 bridgehead atoms. The van der Waals surface area contributed by atoms with E-state index in [1.165, 1.54) is 0 Å². The molecule has 1 atom stereocenters. The molecule has 0 aromatic carbocycles. The lowest BCUT2D eigenvalue weighted by Gasteiger charge is -2.16. The fourth-order valence-corrected chi connectivity index (χ4v) is 2.19. The molecule has 0 saturated heterocycles. The molecule has 0 spiro atoms. The molecule has 0 amide bonds. The zero-order chi connectivity index (χ0) is 13.7. The fraction of sp³-hybridized carbons (Fsp3) is 0.429. The molecule has 19 heavy (non-hydrogen) atoms. The highest BCUT2D eigenvalue weighted by Crippen LogP contribution is 2.17. The molecule has 0 saturated carbocycles. The molecule has 0 aliphatic carbocycles. The van der Waals surface area contributed by atoms with Crippen LogP contribution in [0.5, 0.6) is 0 Å². The van der Waals surface area contributed by atoms with E-state index in [2.05, 4.69) is 44.3 Å². The quantitative estimate of drug-likeness (QED) is 0.889. The monoisotopic (exact) mass is 322 g/mol. The minimum absolute atomic E-state index is 0.217. The van der Waals surface area contributed by atoms with Gasteiger partial charge in [-0.3, -0.25) is 9.67 Å². The number of nitrogens with zero attached hydrogens (tertiary/aromatic N) is 3. The Hall–Kier alpha value is -1.20. The Morgan fingerprint density at radius 3 is 2.79 bits per heavy atom. The molecule has 0 aliphatic rings. The van der Waals surface area contributed by atoms with Gasteiger partial charge in [-0.25, -0.2) is 0 Å². The van der Waals surface area contributed by atoms with Crippen molar-refractivity contribution in [2.75, 3.05) is 6.54 Å². The molecule has 0 fully saturated rings. The second-order valence-corrected chi connectivity index (χ2v) is 5.51. The highest BCUT2D eigenvalue weighted by Gasteiger charge is 2.14. The van der Waals surface area contributed by atoms with Gasteiger partial charge >= 0.3 is 0 Å². The zero-order valence-electron chi connectivity index (χ0n) is 11.3. The summed E-state index contributed by atoms with van der Waals surface area (Å²) in [6.45, 7) is 3.15.